The molecule has 0 bridgehead atoms. The Morgan fingerprint density at radius 1 is 1.44 bits per heavy atom. The fourth-order valence-electron chi connectivity index (χ4n) is 3.08. The van der Waals surface area contributed by atoms with E-state index in [1.165, 1.54) is 4.88 Å². The molecular weight excluding hydrogens is 493 g/mol. The highest BCUT2D eigenvalue weighted by Gasteiger charge is 2.25. The van der Waals surface area contributed by atoms with Crippen molar-refractivity contribution in [1.82, 2.24) is 15.6 Å². The van der Waals surface area contributed by atoms with E-state index < -0.39 is 0 Å². The average Bonchev–Trinajstić information content (AvgIpc) is 3.32. The second kappa shape index (κ2) is 11.1. The van der Waals surface area contributed by atoms with Crippen LogP contribution in [0.3, 0.4) is 0 Å². The summed E-state index contributed by atoms with van der Waals surface area (Å²) < 4.78 is 0. The van der Waals surface area contributed by atoms with Crippen LogP contribution in [-0.4, -0.2) is 43.2 Å². The second-order valence-corrected chi connectivity index (χ2v) is 7.91. The molecule has 2 aromatic heterocycles. The van der Waals surface area contributed by atoms with E-state index in [9.17, 15) is 0 Å². The molecule has 1 saturated heterocycles. The monoisotopic (exact) mass is 519 g/mol. The summed E-state index contributed by atoms with van der Waals surface area (Å²) in [6.45, 7) is 7.76. The minimum Gasteiger partial charge on any atom is -0.357 e. The van der Waals surface area contributed by atoms with Crippen LogP contribution in [0.15, 0.2) is 40.8 Å². The van der Waals surface area contributed by atoms with Crippen molar-refractivity contribution in [1.29, 1.82) is 0 Å². The van der Waals surface area contributed by atoms with Crippen molar-refractivity contribution in [2.24, 2.45) is 4.99 Å². The predicted octanol–water partition coefficient (Wildman–Crippen LogP) is 4.35. The topological polar surface area (TPSA) is 52.6 Å². The second-order valence-electron chi connectivity index (χ2n) is 6.52. The number of rotatable bonds is 6. The minimum atomic E-state index is 0. The SMILES string of the molecule is CCNC(=NCC(C)c1cccs1)NC1CCN(c2ncccc2Cl)C1.I. The molecule has 1 aliphatic heterocycles. The zero-order chi connectivity index (χ0) is 18.4. The van der Waals surface area contributed by atoms with Gasteiger partial charge in [-0.05, 0) is 36.9 Å². The lowest BCUT2D eigenvalue weighted by atomic mass is 10.1. The lowest BCUT2D eigenvalue weighted by Gasteiger charge is -2.20. The number of hydrogen-bond donors (Lipinski definition) is 2. The lowest BCUT2D eigenvalue weighted by Crippen LogP contribution is -2.44. The number of pyridine rings is 1. The summed E-state index contributed by atoms with van der Waals surface area (Å²) in [6, 6.07) is 8.36. The van der Waals surface area contributed by atoms with E-state index in [4.69, 9.17) is 16.6 Å². The summed E-state index contributed by atoms with van der Waals surface area (Å²) in [6.07, 6.45) is 2.83. The first-order valence-corrected chi connectivity index (χ1v) is 10.4. The molecule has 2 aromatic rings. The maximum Gasteiger partial charge on any atom is 0.191 e. The van der Waals surface area contributed by atoms with Crippen molar-refractivity contribution in [3.63, 3.8) is 0 Å². The van der Waals surface area contributed by atoms with Crippen LogP contribution >= 0.6 is 46.9 Å². The first kappa shape index (κ1) is 22.2. The molecule has 2 unspecified atom stereocenters. The molecule has 0 aliphatic carbocycles. The highest BCUT2D eigenvalue weighted by atomic mass is 127. The number of aromatic nitrogens is 1. The van der Waals surface area contributed by atoms with Crippen molar-refractivity contribution in [2.75, 3.05) is 31.1 Å². The fourth-order valence-corrected chi connectivity index (χ4v) is 4.10. The van der Waals surface area contributed by atoms with E-state index in [0.29, 0.717) is 17.0 Å². The van der Waals surface area contributed by atoms with Crippen LogP contribution < -0.4 is 15.5 Å². The minimum absolute atomic E-state index is 0. The molecule has 5 nitrogen and oxygen atoms in total. The van der Waals surface area contributed by atoms with Crippen LogP contribution in [0.25, 0.3) is 0 Å². The van der Waals surface area contributed by atoms with Gasteiger partial charge in [0.15, 0.2) is 5.96 Å². The maximum absolute atomic E-state index is 6.28. The average molecular weight is 520 g/mol. The first-order valence-electron chi connectivity index (χ1n) is 9.11. The Morgan fingerprint density at radius 3 is 3.00 bits per heavy atom. The Kier molecular flexibility index (Phi) is 9.11. The van der Waals surface area contributed by atoms with Gasteiger partial charge in [0, 0.05) is 42.7 Å². The molecular formula is C19H27ClIN5S. The summed E-state index contributed by atoms with van der Waals surface area (Å²) in [7, 11) is 0. The maximum atomic E-state index is 6.28. The summed E-state index contributed by atoms with van der Waals surface area (Å²) in [5.74, 6) is 2.18. The van der Waals surface area contributed by atoms with Crippen LogP contribution in [0.4, 0.5) is 5.82 Å². The standard InChI is InChI=1S/C19H26ClN5S.HI/c1-3-21-19(23-12-14(2)17-7-5-11-26-17)24-15-8-10-25(13-15)18-16(20)6-4-9-22-18;/h4-7,9,11,14-15H,3,8,10,12-13H2,1-2H3,(H2,21,23,24);1H. The largest absolute Gasteiger partial charge is 0.357 e. The molecule has 3 rings (SSSR count). The van der Waals surface area contributed by atoms with E-state index in [0.717, 1.165) is 44.4 Å². The number of aliphatic imine (C=N–C) groups is 1. The summed E-state index contributed by atoms with van der Waals surface area (Å²) >= 11 is 8.07. The van der Waals surface area contributed by atoms with Gasteiger partial charge in [-0.25, -0.2) is 4.98 Å². The molecule has 0 radical (unpaired) electrons. The van der Waals surface area contributed by atoms with Crippen molar-refractivity contribution in [3.05, 3.63) is 45.7 Å². The van der Waals surface area contributed by atoms with E-state index in [1.807, 2.05) is 12.1 Å². The fraction of sp³-hybridized carbons (Fsp3) is 0.474. The van der Waals surface area contributed by atoms with E-state index in [2.05, 4.69) is 51.9 Å². The Morgan fingerprint density at radius 2 is 2.30 bits per heavy atom. The van der Waals surface area contributed by atoms with Gasteiger partial charge in [0.1, 0.15) is 5.82 Å². The molecule has 3 heterocycles. The number of anilines is 1. The van der Waals surface area contributed by atoms with Gasteiger partial charge in [-0.3, -0.25) is 4.99 Å². The third-order valence-electron chi connectivity index (χ3n) is 4.46. The molecule has 1 fully saturated rings. The summed E-state index contributed by atoms with van der Waals surface area (Å²) in [4.78, 5) is 12.8. The zero-order valence-electron chi connectivity index (χ0n) is 15.7. The summed E-state index contributed by atoms with van der Waals surface area (Å²) in [5.41, 5.74) is 0. The molecule has 2 N–H and O–H groups in total. The molecule has 1 aliphatic rings. The lowest BCUT2D eigenvalue weighted by molar-refractivity contribution is 0.645. The molecule has 0 amide bonds. The van der Waals surface area contributed by atoms with Crippen molar-refractivity contribution < 1.29 is 0 Å². The molecule has 0 aromatic carbocycles. The van der Waals surface area contributed by atoms with E-state index in [-0.39, 0.29) is 24.0 Å². The van der Waals surface area contributed by atoms with Crippen LogP contribution in [0.5, 0.6) is 0 Å². The number of hydrogen-bond acceptors (Lipinski definition) is 4. The smallest absolute Gasteiger partial charge is 0.191 e. The Hall–Kier alpha value is -1.06. The van der Waals surface area contributed by atoms with Gasteiger partial charge in [-0.15, -0.1) is 35.3 Å². The van der Waals surface area contributed by atoms with Gasteiger partial charge in [-0.1, -0.05) is 24.6 Å². The third kappa shape index (κ3) is 6.22. The van der Waals surface area contributed by atoms with Crippen molar-refractivity contribution >= 4 is 58.7 Å². The Labute approximate surface area is 187 Å². The highest BCUT2D eigenvalue weighted by Crippen LogP contribution is 2.25. The van der Waals surface area contributed by atoms with Gasteiger partial charge in [0.05, 0.1) is 11.6 Å². The van der Waals surface area contributed by atoms with Gasteiger partial charge >= 0.3 is 0 Å². The first-order chi connectivity index (χ1) is 12.7. The number of nitrogens with zero attached hydrogens (tertiary/aromatic N) is 3. The van der Waals surface area contributed by atoms with Crippen LogP contribution in [0.1, 0.15) is 31.1 Å². The molecule has 0 saturated carbocycles. The Balaban J connectivity index is 0.00000261. The van der Waals surface area contributed by atoms with Crippen molar-refractivity contribution in [3.8, 4) is 0 Å². The van der Waals surface area contributed by atoms with E-state index >= 15 is 0 Å². The van der Waals surface area contributed by atoms with Crippen LogP contribution in [-0.2, 0) is 0 Å². The number of thiophene rings is 1. The van der Waals surface area contributed by atoms with Crippen LogP contribution in [0, 0.1) is 0 Å². The quantitative estimate of drug-likeness (QED) is 0.338. The molecule has 8 heteroatoms. The van der Waals surface area contributed by atoms with Gasteiger partial charge in [-0.2, -0.15) is 0 Å². The third-order valence-corrected chi connectivity index (χ3v) is 5.86. The number of nitrogens with one attached hydrogen (secondary N) is 2. The predicted molar refractivity (Wildman–Crippen MR) is 127 cm³/mol. The van der Waals surface area contributed by atoms with E-state index in [1.54, 1.807) is 17.5 Å². The number of halogens is 2. The molecule has 2 atom stereocenters. The molecule has 148 valence electrons. The zero-order valence-corrected chi connectivity index (χ0v) is 19.6. The van der Waals surface area contributed by atoms with Gasteiger partial charge in [0.25, 0.3) is 0 Å². The Bertz CT molecular complexity index is 725. The number of guanidine groups is 1. The normalized spacial score (nSPS) is 18.1. The molecule has 27 heavy (non-hydrogen) atoms. The van der Waals surface area contributed by atoms with Crippen LogP contribution in [0.2, 0.25) is 5.02 Å². The van der Waals surface area contributed by atoms with Gasteiger partial charge in [0.2, 0.25) is 0 Å². The van der Waals surface area contributed by atoms with Crippen molar-refractivity contribution in [2.45, 2.75) is 32.2 Å². The summed E-state index contributed by atoms with van der Waals surface area (Å²) in [5, 5.41) is 9.75. The molecule has 0 spiro atoms. The van der Waals surface area contributed by atoms with Gasteiger partial charge < -0.3 is 15.5 Å². The highest BCUT2D eigenvalue weighted by molar-refractivity contribution is 14.0.